The number of carbonyl (C=O) groups excluding carboxylic acids is 1. The summed E-state index contributed by atoms with van der Waals surface area (Å²) < 4.78 is 10.4. The van der Waals surface area contributed by atoms with Gasteiger partial charge in [-0.2, -0.15) is 5.10 Å². The minimum absolute atomic E-state index is 0.162. The second-order valence-corrected chi connectivity index (χ2v) is 6.53. The Labute approximate surface area is 169 Å². The summed E-state index contributed by atoms with van der Waals surface area (Å²) in [4.78, 5) is 13.2. The first-order valence-corrected chi connectivity index (χ1v) is 9.20. The lowest BCUT2D eigenvalue weighted by atomic mass is 10.0. The van der Waals surface area contributed by atoms with Gasteiger partial charge in [0.2, 0.25) is 0 Å². The van der Waals surface area contributed by atoms with Crippen molar-refractivity contribution in [2.75, 3.05) is 19.5 Å². The second kappa shape index (κ2) is 8.06. The Kier molecular flexibility index (Phi) is 5.16. The molecule has 0 saturated carbocycles. The number of nitrogens with zero attached hydrogens (tertiary/aromatic N) is 2. The first kappa shape index (κ1) is 18.6. The summed E-state index contributed by atoms with van der Waals surface area (Å²) in [5.41, 5.74) is 3.14. The predicted octanol–water partition coefficient (Wildman–Crippen LogP) is 4.30. The minimum Gasteiger partial charge on any atom is -0.497 e. The highest BCUT2D eigenvalue weighted by atomic mass is 16.5. The maximum absolute atomic E-state index is 13.2. The standard InChI is InChI=1S/C23H21N3O3/c1-28-18-11-7-16(8-12-18)15-24-26-22(17-9-13-19(29-2)14-10-17)25-21-6-4-3-5-20(21)23(26)27/h3-15,22,25H,1-2H3/b24-15-/t22-/m0/s1. The van der Waals surface area contributed by atoms with Gasteiger partial charge in [0.15, 0.2) is 6.17 Å². The molecule has 6 heteroatoms. The topological polar surface area (TPSA) is 63.2 Å². The van der Waals surface area contributed by atoms with Crippen LogP contribution in [0.15, 0.2) is 77.9 Å². The third kappa shape index (κ3) is 3.78. The van der Waals surface area contributed by atoms with Crippen molar-refractivity contribution in [3.8, 4) is 11.5 Å². The molecule has 0 spiro atoms. The van der Waals surface area contributed by atoms with Gasteiger partial charge in [0.05, 0.1) is 26.0 Å². The van der Waals surface area contributed by atoms with Crippen molar-refractivity contribution >= 4 is 17.8 Å². The molecule has 1 amide bonds. The number of methoxy groups -OCH3 is 2. The maximum Gasteiger partial charge on any atom is 0.278 e. The first-order valence-electron chi connectivity index (χ1n) is 9.20. The Morgan fingerprint density at radius 1 is 0.897 bits per heavy atom. The smallest absolute Gasteiger partial charge is 0.278 e. The van der Waals surface area contributed by atoms with Crippen molar-refractivity contribution in [3.05, 3.63) is 89.5 Å². The third-order valence-electron chi connectivity index (χ3n) is 4.78. The normalized spacial score (nSPS) is 15.7. The van der Waals surface area contributed by atoms with Crippen LogP contribution < -0.4 is 14.8 Å². The number of ether oxygens (including phenoxy) is 2. The van der Waals surface area contributed by atoms with E-state index < -0.39 is 6.17 Å². The summed E-state index contributed by atoms with van der Waals surface area (Å²) in [6.45, 7) is 0. The van der Waals surface area contributed by atoms with Gasteiger partial charge in [-0.3, -0.25) is 4.79 Å². The molecule has 1 atom stereocenters. The van der Waals surface area contributed by atoms with Crippen molar-refractivity contribution in [3.63, 3.8) is 0 Å². The Morgan fingerprint density at radius 2 is 1.52 bits per heavy atom. The van der Waals surface area contributed by atoms with Gasteiger partial charge >= 0.3 is 0 Å². The summed E-state index contributed by atoms with van der Waals surface area (Å²) in [6.07, 6.45) is 1.24. The van der Waals surface area contributed by atoms with Gasteiger partial charge in [-0.25, -0.2) is 5.01 Å². The number of amides is 1. The van der Waals surface area contributed by atoms with E-state index in [4.69, 9.17) is 9.47 Å². The van der Waals surface area contributed by atoms with E-state index in [1.165, 1.54) is 5.01 Å². The molecule has 1 N–H and O–H groups in total. The molecule has 6 nitrogen and oxygen atoms in total. The van der Waals surface area contributed by atoms with Crippen LogP contribution in [-0.4, -0.2) is 31.4 Å². The van der Waals surface area contributed by atoms with E-state index in [-0.39, 0.29) is 5.91 Å². The highest BCUT2D eigenvalue weighted by Gasteiger charge is 2.32. The van der Waals surface area contributed by atoms with Gasteiger partial charge in [0, 0.05) is 5.69 Å². The summed E-state index contributed by atoms with van der Waals surface area (Å²) in [7, 11) is 3.25. The highest BCUT2D eigenvalue weighted by Crippen LogP contribution is 2.33. The Morgan fingerprint density at radius 3 is 2.17 bits per heavy atom. The van der Waals surface area contributed by atoms with Gasteiger partial charge in [-0.15, -0.1) is 0 Å². The number of anilines is 1. The predicted molar refractivity (Wildman–Crippen MR) is 113 cm³/mol. The molecule has 1 aliphatic rings. The number of carbonyl (C=O) groups is 1. The van der Waals surface area contributed by atoms with Crippen molar-refractivity contribution < 1.29 is 14.3 Å². The minimum atomic E-state index is -0.433. The number of hydrogen-bond acceptors (Lipinski definition) is 5. The molecule has 1 heterocycles. The second-order valence-electron chi connectivity index (χ2n) is 6.53. The number of para-hydroxylation sites is 1. The van der Waals surface area contributed by atoms with Crippen LogP contribution in [0.25, 0.3) is 0 Å². The number of nitrogens with one attached hydrogen (secondary N) is 1. The number of rotatable bonds is 5. The fraction of sp³-hybridized carbons (Fsp3) is 0.130. The Balaban J connectivity index is 1.69. The number of fused-ring (bicyclic) bond motifs is 1. The first-order chi connectivity index (χ1) is 14.2. The monoisotopic (exact) mass is 387 g/mol. The van der Waals surface area contributed by atoms with Gasteiger partial charge in [-0.1, -0.05) is 24.3 Å². The lowest BCUT2D eigenvalue weighted by Gasteiger charge is -2.34. The van der Waals surface area contributed by atoms with E-state index in [2.05, 4.69) is 10.4 Å². The lowest BCUT2D eigenvalue weighted by molar-refractivity contribution is 0.0691. The Hall–Kier alpha value is -3.80. The summed E-state index contributed by atoms with van der Waals surface area (Å²) in [5.74, 6) is 1.36. The van der Waals surface area contributed by atoms with Crippen LogP contribution in [0.4, 0.5) is 5.69 Å². The molecule has 4 rings (SSSR count). The molecule has 3 aromatic rings. The average Bonchev–Trinajstić information content (AvgIpc) is 2.79. The maximum atomic E-state index is 13.2. The molecule has 0 aromatic heterocycles. The van der Waals surface area contributed by atoms with E-state index in [1.54, 1.807) is 26.5 Å². The van der Waals surface area contributed by atoms with E-state index in [9.17, 15) is 4.79 Å². The molecular formula is C23H21N3O3. The highest BCUT2D eigenvalue weighted by molar-refractivity contribution is 6.02. The van der Waals surface area contributed by atoms with E-state index in [0.717, 1.165) is 28.3 Å². The SMILES string of the molecule is COc1ccc(/C=N\N2C(=O)c3ccccc3N[C@@H]2c2ccc(OC)cc2)cc1. The van der Waals surface area contributed by atoms with Crippen LogP contribution in [0, 0.1) is 0 Å². The van der Waals surface area contributed by atoms with Crippen LogP contribution in [0.1, 0.15) is 27.7 Å². The Bertz CT molecular complexity index is 1030. The molecule has 0 bridgehead atoms. The number of benzene rings is 3. The molecule has 0 unspecified atom stereocenters. The fourth-order valence-electron chi connectivity index (χ4n) is 3.19. The lowest BCUT2D eigenvalue weighted by Crippen LogP contribution is -2.39. The van der Waals surface area contributed by atoms with E-state index in [0.29, 0.717) is 5.56 Å². The third-order valence-corrected chi connectivity index (χ3v) is 4.78. The molecule has 29 heavy (non-hydrogen) atoms. The molecule has 0 radical (unpaired) electrons. The van der Waals surface area contributed by atoms with Gasteiger partial charge in [-0.05, 0) is 59.7 Å². The fourth-order valence-corrected chi connectivity index (χ4v) is 3.19. The van der Waals surface area contributed by atoms with Gasteiger partial charge < -0.3 is 14.8 Å². The molecule has 0 aliphatic carbocycles. The summed E-state index contributed by atoms with van der Waals surface area (Å²) in [6, 6.07) is 22.5. The molecule has 0 fully saturated rings. The zero-order valence-corrected chi connectivity index (χ0v) is 16.2. The zero-order valence-electron chi connectivity index (χ0n) is 16.2. The zero-order chi connectivity index (χ0) is 20.2. The van der Waals surface area contributed by atoms with E-state index >= 15 is 0 Å². The number of hydrazone groups is 1. The largest absolute Gasteiger partial charge is 0.497 e. The van der Waals surface area contributed by atoms with Crippen LogP contribution in [-0.2, 0) is 0 Å². The average molecular weight is 387 g/mol. The van der Waals surface area contributed by atoms with Crippen LogP contribution in [0.2, 0.25) is 0 Å². The van der Waals surface area contributed by atoms with Crippen LogP contribution >= 0.6 is 0 Å². The van der Waals surface area contributed by atoms with Gasteiger partial charge in [0.25, 0.3) is 5.91 Å². The summed E-state index contributed by atoms with van der Waals surface area (Å²) in [5, 5.41) is 9.40. The molecule has 0 saturated heterocycles. The van der Waals surface area contributed by atoms with Crippen molar-refractivity contribution in [1.29, 1.82) is 0 Å². The van der Waals surface area contributed by atoms with Crippen molar-refractivity contribution in [2.24, 2.45) is 5.10 Å². The quantitative estimate of drug-likeness (QED) is 0.663. The van der Waals surface area contributed by atoms with Crippen molar-refractivity contribution in [2.45, 2.75) is 6.17 Å². The van der Waals surface area contributed by atoms with E-state index in [1.807, 2.05) is 66.7 Å². The number of hydrogen-bond donors (Lipinski definition) is 1. The van der Waals surface area contributed by atoms with Crippen LogP contribution in [0.3, 0.4) is 0 Å². The van der Waals surface area contributed by atoms with Crippen molar-refractivity contribution in [1.82, 2.24) is 5.01 Å². The molecule has 1 aliphatic heterocycles. The molecule has 146 valence electrons. The molecule has 3 aromatic carbocycles. The van der Waals surface area contributed by atoms with Gasteiger partial charge in [0.1, 0.15) is 11.5 Å². The summed E-state index contributed by atoms with van der Waals surface area (Å²) >= 11 is 0. The van der Waals surface area contributed by atoms with Crippen LogP contribution in [0.5, 0.6) is 11.5 Å². The molecular weight excluding hydrogens is 366 g/mol.